The van der Waals surface area contributed by atoms with Crippen LogP contribution in [-0.2, 0) is 0 Å². The highest BCUT2D eigenvalue weighted by molar-refractivity contribution is 7.12. The van der Waals surface area contributed by atoms with Gasteiger partial charge in [0.05, 0.1) is 15.6 Å². The first-order valence-corrected chi connectivity index (χ1v) is 5.60. The summed E-state index contributed by atoms with van der Waals surface area (Å²) in [6, 6.07) is 2.14. The summed E-state index contributed by atoms with van der Waals surface area (Å²) in [6.07, 6.45) is 1.07. The van der Waals surface area contributed by atoms with E-state index in [1.165, 1.54) is 16.1 Å². The van der Waals surface area contributed by atoms with Gasteiger partial charge in [-0.3, -0.25) is 0 Å². The second kappa shape index (κ2) is 3.35. The van der Waals surface area contributed by atoms with Crippen molar-refractivity contribution in [3.63, 3.8) is 0 Å². The summed E-state index contributed by atoms with van der Waals surface area (Å²) in [5.41, 5.74) is 2.57. The van der Waals surface area contributed by atoms with Crippen LogP contribution in [0.3, 0.4) is 0 Å². The Hall–Kier alpha value is -0.470. The van der Waals surface area contributed by atoms with Crippen LogP contribution >= 0.6 is 22.9 Å². The molecule has 2 heterocycles. The first kappa shape index (κ1) is 9.10. The van der Waals surface area contributed by atoms with E-state index in [0.717, 1.165) is 18.0 Å². The Kier molecular flexibility index (Phi) is 2.35. The summed E-state index contributed by atoms with van der Waals surface area (Å²) < 4.78 is 0. The van der Waals surface area contributed by atoms with Gasteiger partial charge in [-0.25, -0.2) is 0 Å². The minimum atomic E-state index is 0.953. The molecule has 1 aromatic heterocycles. The Bertz CT molecular complexity index is 354. The third-order valence-corrected chi connectivity index (χ3v) is 4.00. The van der Waals surface area contributed by atoms with Gasteiger partial charge in [-0.15, -0.1) is 11.3 Å². The van der Waals surface area contributed by atoms with Crippen molar-refractivity contribution in [2.75, 3.05) is 18.5 Å². The lowest BCUT2D eigenvalue weighted by atomic mass is 10.2. The van der Waals surface area contributed by atoms with Crippen molar-refractivity contribution in [3.8, 4) is 0 Å². The Balaban J connectivity index is 2.55. The molecule has 1 aromatic rings. The molecule has 0 unspecified atom stereocenters. The molecule has 0 radical (unpaired) electrons. The minimum Gasteiger partial charge on any atom is -0.373 e. The van der Waals surface area contributed by atoms with Crippen LogP contribution in [0.2, 0.25) is 0 Å². The van der Waals surface area contributed by atoms with Gasteiger partial charge in [0, 0.05) is 13.6 Å². The fraction of sp³-hybridized carbons (Fsp3) is 0.400. The molecule has 0 aliphatic carbocycles. The van der Waals surface area contributed by atoms with Gasteiger partial charge in [-0.2, -0.15) is 0 Å². The zero-order chi connectivity index (χ0) is 9.42. The maximum atomic E-state index is 6.27. The van der Waals surface area contributed by atoms with Gasteiger partial charge >= 0.3 is 0 Å². The molecule has 0 bridgehead atoms. The van der Waals surface area contributed by atoms with Crippen LogP contribution in [0, 0.1) is 0 Å². The molecular weight excluding hydrogens is 202 g/mol. The molecule has 13 heavy (non-hydrogen) atoms. The number of thiophene rings is 1. The maximum Gasteiger partial charge on any atom is 0.0689 e. The molecule has 0 amide bonds. The largest absolute Gasteiger partial charge is 0.373 e. The highest BCUT2D eigenvalue weighted by Crippen LogP contribution is 2.39. The molecule has 0 spiro atoms. The van der Waals surface area contributed by atoms with E-state index in [4.69, 9.17) is 11.6 Å². The number of anilines is 1. The highest BCUT2D eigenvalue weighted by atomic mass is 35.5. The normalized spacial score (nSPS) is 17.3. The van der Waals surface area contributed by atoms with Gasteiger partial charge < -0.3 is 4.90 Å². The summed E-state index contributed by atoms with van der Waals surface area (Å²) in [5.74, 6) is 0. The van der Waals surface area contributed by atoms with Crippen molar-refractivity contribution in [1.29, 1.82) is 0 Å². The van der Waals surface area contributed by atoms with Gasteiger partial charge in [-0.1, -0.05) is 17.2 Å². The van der Waals surface area contributed by atoms with Gasteiger partial charge in [0.1, 0.15) is 0 Å². The van der Waals surface area contributed by atoms with Crippen LogP contribution in [-0.4, -0.2) is 13.6 Å². The molecule has 0 atom stereocenters. The third-order valence-electron chi connectivity index (χ3n) is 2.45. The number of rotatable bonds is 0. The number of halogens is 1. The second-order valence-electron chi connectivity index (χ2n) is 3.40. The molecule has 0 N–H and O–H groups in total. The van der Waals surface area contributed by atoms with Crippen molar-refractivity contribution in [1.82, 2.24) is 0 Å². The van der Waals surface area contributed by atoms with Crippen LogP contribution in [0.15, 0.2) is 17.0 Å². The molecule has 0 saturated heterocycles. The number of hydrogen-bond acceptors (Lipinski definition) is 2. The van der Waals surface area contributed by atoms with Gasteiger partial charge in [0.15, 0.2) is 0 Å². The highest BCUT2D eigenvalue weighted by Gasteiger charge is 2.17. The van der Waals surface area contributed by atoms with Gasteiger partial charge in [0.2, 0.25) is 0 Å². The van der Waals surface area contributed by atoms with E-state index in [0.29, 0.717) is 0 Å². The average Bonchev–Trinajstić information content (AvgIpc) is 2.57. The fourth-order valence-electron chi connectivity index (χ4n) is 1.53. The van der Waals surface area contributed by atoms with Crippen molar-refractivity contribution < 1.29 is 0 Å². The van der Waals surface area contributed by atoms with E-state index in [1.807, 2.05) is 0 Å². The molecule has 0 aromatic carbocycles. The van der Waals surface area contributed by atoms with Crippen LogP contribution in [0.4, 0.5) is 5.69 Å². The molecular formula is C10H12ClNS. The quantitative estimate of drug-likeness (QED) is 0.637. The van der Waals surface area contributed by atoms with Crippen LogP contribution in [0.1, 0.15) is 18.2 Å². The summed E-state index contributed by atoms with van der Waals surface area (Å²) in [7, 11) is 2.12. The zero-order valence-electron chi connectivity index (χ0n) is 7.80. The Labute approximate surface area is 87.6 Å². The third kappa shape index (κ3) is 1.49. The van der Waals surface area contributed by atoms with E-state index in [-0.39, 0.29) is 0 Å². The summed E-state index contributed by atoms with van der Waals surface area (Å²) >= 11 is 7.99. The van der Waals surface area contributed by atoms with E-state index >= 15 is 0 Å². The topological polar surface area (TPSA) is 3.24 Å². The number of hydrogen-bond donors (Lipinski definition) is 0. The fourth-order valence-corrected chi connectivity index (χ4v) is 2.81. The lowest BCUT2D eigenvalue weighted by Gasteiger charge is -2.16. The first-order valence-electron chi connectivity index (χ1n) is 4.34. The molecule has 1 nitrogen and oxygen atoms in total. The minimum absolute atomic E-state index is 0.953. The average molecular weight is 214 g/mol. The van der Waals surface area contributed by atoms with E-state index in [2.05, 4.69) is 30.3 Å². The predicted octanol–water partition coefficient (Wildman–Crippen LogP) is 3.56. The van der Waals surface area contributed by atoms with Crippen molar-refractivity contribution in [2.45, 2.75) is 13.3 Å². The molecule has 1 aliphatic heterocycles. The summed E-state index contributed by atoms with van der Waals surface area (Å²) in [4.78, 5) is 3.49. The van der Waals surface area contributed by atoms with Crippen molar-refractivity contribution in [3.05, 3.63) is 21.9 Å². The molecule has 3 heteroatoms. The van der Waals surface area contributed by atoms with E-state index in [1.54, 1.807) is 11.3 Å². The van der Waals surface area contributed by atoms with Crippen molar-refractivity contribution in [2.24, 2.45) is 0 Å². The second-order valence-corrected chi connectivity index (χ2v) is 4.69. The van der Waals surface area contributed by atoms with Gasteiger partial charge in [0.25, 0.3) is 0 Å². The first-order chi connectivity index (χ1) is 6.20. The lowest BCUT2D eigenvalue weighted by Crippen LogP contribution is -2.17. The van der Waals surface area contributed by atoms with E-state index < -0.39 is 0 Å². The van der Waals surface area contributed by atoms with Crippen molar-refractivity contribution >= 4 is 33.7 Å². The molecule has 0 fully saturated rings. The Morgan fingerprint density at radius 1 is 1.54 bits per heavy atom. The maximum absolute atomic E-state index is 6.27. The Morgan fingerprint density at radius 2 is 2.31 bits per heavy atom. The van der Waals surface area contributed by atoms with Crippen LogP contribution in [0.5, 0.6) is 0 Å². The van der Waals surface area contributed by atoms with Crippen LogP contribution < -0.4 is 4.90 Å². The molecule has 0 saturated carbocycles. The summed E-state index contributed by atoms with van der Waals surface area (Å²) in [5, 5.41) is 3.05. The smallest absolute Gasteiger partial charge is 0.0689 e. The molecule has 70 valence electrons. The summed E-state index contributed by atoms with van der Waals surface area (Å²) in [6.45, 7) is 3.18. The monoisotopic (exact) mass is 213 g/mol. The van der Waals surface area contributed by atoms with Crippen LogP contribution in [0.25, 0.3) is 5.03 Å². The Morgan fingerprint density at radius 3 is 3.08 bits per heavy atom. The van der Waals surface area contributed by atoms with Gasteiger partial charge in [-0.05, 0) is 24.8 Å². The number of nitrogens with zero attached hydrogens (tertiary/aromatic N) is 1. The zero-order valence-corrected chi connectivity index (χ0v) is 9.37. The predicted molar refractivity (Wildman–Crippen MR) is 60.7 cm³/mol. The lowest BCUT2D eigenvalue weighted by molar-refractivity contribution is 0.879. The SMILES string of the molecule is CC1=C(Cl)c2sccc2N(C)CC1. The molecule has 1 aliphatic rings. The number of fused-ring (bicyclic) bond motifs is 1. The standard InChI is InChI=1S/C10H12ClNS/c1-7-3-5-12(2)8-4-6-13-10(8)9(7)11/h4,6H,3,5H2,1-2H3. The molecule has 2 rings (SSSR count). The van der Waals surface area contributed by atoms with E-state index in [9.17, 15) is 0 Å².